The van der Waals surface area contributed by atoms with E-state index >= 15 is 0 Å². The number of likely N-dealkylation sites (N-methyl/N-ethyl adjacent to an activating group) is 1. The van der Waals surface area contributed by atoms with Crippen LogP contribution in [0.15, 0.2) is 53.0 Å². The largest absolute Gasteiger partial charge is 0.483 e. The molecule has 1 aromatic heterocycles. The molecule has 1 aliphatic rings. The fourth-order valence-electron chi connectivity index (χ4n) is 3.34. The Morgan fingerprint density at radius 2 is 1.97 bits per heavy atom. The fraction of sp³-hybridized carbons (Fsp3) is 0.286. The second kappa shape index (κ2) is 7.37. The van der Waals surface area contributed by atoms with E-state index in [-0.39, 0.29) is 11.3 Å². The molecule has 0 unspecified atom stereocenters. The van der Waals surface area contributed by atoms with Crippen molar-refractivity contribution in [3.05, 3.63) is 69.6 Å². The van der Waals surface area contributed by atoms with Crippen molar-refractivity contribution in [1.82, 2.24) is 9.47 Å². The summed E-state index contributed by atoms with van der Waals surface area (Å²) in [6.45, 7) is 2.85. The van der Waals surface area contributed by atoms with Gasteiger partial charge in [-0.15, -0.1) is 0 Å². The molecule has 0 saturated carbocycles. The summed E-state index contributed by atoms with van der Waals surface area (Å²) in [5, 5.41) is 9.27. The van der Waals surface area contributed by atoms with Gasteiger partial charge in [0.05, 0.1) is 17.3 Å². The molecule has 1 aromatic carbocycles. The van der Waals surface area contributed by atoms with Gasteiger partial charge in [0, 0.05) is 37.0 Å². The third kappa shape index (κ3) is 3.81. The van der Waals surface area contributed by atoms with Gasteiger partial charge in [0.15, 0.2) is 0 Å². The lowest BCUT2D eigenvalue weighted by Gasteiger charge is -2.39. The molecule has 1 amide bonds. The molecule has 0 bridgehead atoms. The summed E-state index contributed by atoms with van der Waals surface area (Å²) >= 11 is 0. The number of ether oxygens (including phenoxy) is 1. The molecule has 156 valence electrons. The number of halogens is 3. The number of rotatable bonds is 3. The van der Waals surface area contributed by atoms with Crippen molar-refractivity contribution >= 4 is 11.6 Å². The van der Waals surface area contributed by atoms with Gasteiger partial charge < -0.3 is 9.64 Å². The first-order valence-electron chi connectivity index (χ1n) is 8.93. The first-order valence-corrected chi connectivity index (χ1v) is 8.93. The van der Waals surface area contributed by atoms with E-state index in [0.29, 0.717) is 21.8 Å². The topological polar surface area (TPSA) is 75.3 Å². The van der Waals surface area contributed by atoms with E-state index in [4.69, 9.17) is 4.74 Å². The Bertz CT molecular complexity index is 1140. The smallest absolute Gasteiger partial charge is 0.471 e. The lowest BCUT2D eigenvalue weighted by atomic mass is 9.88. The van der Waals surface area contributed by atoms with Crippen LogP contribution in [0.1, 0.15) is 25.0 Å². The second-order valence-electron chi connectivity index (χ2n) is 7.33. The highest BCUT2D eigenvalue weighted by molar-refractivity contribution is 5.83. The summed E-state index contributed by atoms with van der Waals surface area (Å²) < 4.78 is 46.1. The Morgan fingerprint density at radius 1 is 1.27 bits per heavy atom. The molecule has 0 fully saturated rings. The molecule has 2 heterocycles. The number of benzene rings is 1. The predicted octanol–water partition coefficient (Wildman–Crippen LogP) is 3.17. The van der Waals surface area contributed by atoms with Gasteiger partial charge in [0.1, 0.15) is 11.4 Å². The molecule has 0 radical (unpaired) electrons. The number of carbonyl (C=O) groups is 1. The maximum absolute atomic E-state index is 12.9. The first kappa shape index (κ1) is 21.2. The maximum atomic E-state index is 12.9. The van der Waals surface area contributed by atoms with Gasteiger partial charge in [0.2, 0.25) is 0 Å². The lowest BCUT2D eigenvalue weighted by Crippen LogP contribution is -2.45. The average Bonchev–Trinajstić information content (AvgIpc) is 2.67. The van der Waals surface area contributed by atoms with Gasteiger partial charge in [-0.2, -0.15) is 18.4 Å². The van der Waals surface area contributed by atoms with Crippen LogP contribution in [-0.2, 0) is 4.79 Å². The molecule has 9 heteroatoms. The number of hydrogen-bond acceptors (Lipinski definition) is 4. The quantitative estimate of drug-likeness (QED) is 0.769. The van der Waals surface area contributed by atoms with E-state index in [2.05, 4.69) is 0 Å². The average molecular weight is 417 g/mol. The van der Waals surface area contributed by atoms with Crippen molar-refractivity contribution in [2.24, 2.45) is 0 Å². The third-order valence-corrected chi connectivity index (χ3v) is 4.79. The third-order valence-electron chi connectivity index (χ3n) is 4.79. The zero-order valence-corrected chi connectivity index (χ0v) is 16.4. The minimum atomic E-state index is -5.04. The van der Waals surface area contributed by atoms with Gasteiger partial charge in [-0.3, -0.25) is 14.2 Å². The summed E-state index contributed by atoms with van der Waals surface area (Å²) in [7, 11) is 1.03. The summed E-state index contributed by atoms with van der Waals surface area (Å²) in [6.07, 6.45) is -3.56. The Morgan fingerprint density at radius 3 is 2.57 bits per heavy atom. The minimum Gasteiger partial charge on any atom is -0.483 e. The van der Waals surface area contributed by atoms with Crippen molar-refractivity contribution in [2.45, 2.75) is 25.6 Å². The Balaban J connectivity index is 2.30. The number of amides is 1. The van der Waals surface area contributed by atoms with Crippen molar-refractivity contribution in [1.29, 1.82) is 5.26 Å². The number of nitrogens with zero attached hydrogens (tertiary/aromatic N) is 3. The zero-order chi connectivity index (χ0) is 22.3. The Kier molecular flexibility index (Phi) is 5.20. The van der Waals surface area contributed by atoms with Crippen LogP contribution in [0.5, 0.6) is 5.75 Å². The highest BCUT2D eigenvalue weighted by Gasteiger charge is 2.44. The highest BCUT2D eigenvalue weighted by Crippen LogP contribution is 2.42. The van der Waals surface area contributed by atoms with Crippen LogP contribution < -0.4 is 10.3 Å². The lowest BCUT2D eigenvalue weighted by molar-refractivity contribution is -0.183. The van der Waals surface area contributed by atoms with Crippen LogP contribution in [0.2, 0.25) is 0 Å². The van der Waals surface area contributed by atoms with E-state index < -0.39 is 29.8 Å². The standard InChI is InChI=1S/C21H18F3N3O3/c1-20(2)15(12-26(3)19(29)21(22,23)24)18(27-9-5-4-6-17(27)28)14-10-13(11-25)7-8-16(14)30-20/h4-10H,12H2,1-3H3. The molecule has 0 atom stereocenters. The zero-order valence-electron chi connectivity index (χ0n) is 16.4. The number of carbonyl (C=O) groups excluding carboxylic acids is 1. The summed E-state index contributed by atoms with van der Waals surface area (Å²) in [5.41, 5.74) is -0.307. The van der Waals surface area contributed by atoms with Crippen molar-refractivity contribution in [2.75, 3.05) is 13.6 Å². The molecule has 0 saturated heterocycles. The van der Waals surface area contributed by atoms with Crippen LogP contribution in [-0.4, -0.2) is 40.7 Å². The predicted molar refractivity (Wildman–Crippen MR) is 103 cm³/mol. The van der Waals surface area contributed by atoms with E-state index in [9.17, 15) is 28.0 Å². The normalized spacial score (nSPS) is 15.1. The SMILES string of the molecule is CN(CC1=C(n2ccccc2=O)c2cc(C#N)ccc2OC1(C)C)C(=O)C(F)(F)F. The van der Waals surface area contributed by atoms with Crippen LogP contribution in [0.3, 0.4) is 0 Å². The fourth-order valence-corrected chi connectivity index (χ4v) is 3.34. The van der Waals surface area contributed by atoms with Gasteiger partial charge in [-0.25, -0.2) is 0 Å². The molecular weight excluding hydrogens is 399 g/mol. The van der Waals surface area contributed by atoms with Crippen molar-refractivity contribution < 1.29 is 22.7 Å². The Hall–Kier alpha value is -3.54. The monoisotopic (exact) mass is 417 g/mol. The molecule has 2 aromatic rings. The van der Waals surface area contributed by atoms with Gasteiger partial charge in [0.25, 0.3) is 5.56 Å². The number of alkyl halides is 3. The summed E-state index contributed by atoms with van der Waals surface area (Å²) in [4.78, 5) is 24.8. The van der Waals surface area contributed by atoms with E-state index in [1.807, 2.05) is 6.07 Å². The molecule has 3 rings (SSSR count). The van der Waals surface area contributed by atoms with E-state index in [1.54, 1.807) is 32.0 Å². The first-order chi connectivity index (χ1) is 14.0. The van der Waals surface area contributed by atoms with Gasteiger partial charge >= 0.3 is 12.1 Å². The molecule has 1 aliphatic heterocycles. The Labute approximate surface area is 170 Å². The molecular formula is C21H18F3N3O3. The molecule has 0 N–H and O–H groups in total. The van der Waals surface area contributed by atoms with Crippen LogP contribution >= 0.6 is 0 Å². The second-order valence-corrected chi connectivity index (χ2v) is 7.33. The number of pyridine rings is 1. The van der Waals surface area contributed by atoms with E-state index in [1.165, 1.54) is 29.0 Å². The molecule has 0 aliphatic carbocycles. The molecule has 6 nitrogen and oxygen atoms in total. The van der Waals surface area contributed by atoms with Crippen molar-refractivity contribution in [3.63, 3.8) is 0 Å². The van der Waals surface area contributed by atoms with Gasteiger partial charge in [-0.05, 0) is 38.1 Å². The number of aromatic nitrogens is 1. The van der Waals surface area contributed by atoms with Crippen LogP contribution in [0.25, 0.3) is 5.70 Å². The number of nitriles is 1. The summed E-state index contributed by atoms with van der Waals surface area (Å²) in [6, 6.07) is 11.1. The van der Waals surface area contributed by atoms with Crippen LogP contribution in [0, 0.1) is 11.3 Å². The molecule has 0 spiro atoms. The van der Waals surface area contributed by atoms with E-state index in [0.717, 1.165) is 7.05 Å². The van der Waals surface area contributed by atoms with Crippen molar-refractivity contribution in [3.8, 4) is 11.8 Å². The minimum absolute atomic E-state index is 0.283. The summed E-state index contributed by atoms with van der Waals surface area (Å²) in [5.74, 6) is -1.64. The van der Waals surface area contributed by atoms with Crippen LogP contribution in [0.4, 0.5) is 13.2 Å². The maximum Gasteiger partial charge on any atom is 0.471 e. The highest BCUT2D eigenvalue weighted by atomic mass is 19.4. The molecule has 30 heavy (non-hydrogen) atoms. The van der Waals surface area contributed by atoms with Gasteiger partial charge in [-0.1, -0.05) is 6.07 Å². The number of hydrogen-bond donors (Lipinski definition) is 0. The number of fused-ring (bicyclic) bond motifs is 1.